The quantitative estimate of drug-likeness (QED) is 0.447. The fourth-order valence-electron chi connectivity index (χ4n) is 1.61. The molecule has 1 rings (SSSR count). The average molecular weight is 235 g/mol. The van der Waals surface area contributed by atoms with Gasteiger partial charge in [0.1, 0.15) is 5.75 Å². The maximum atomic E-state index is 11.1. The first-order chi connectivity index (χ1) is 8.15. The number of hydrogen-bond acceptors (Lipinski definition) is 3. The van der Waals surface area contributed by atoms with Crippen molar-refractivity contribution in [3.8, 4) is 5.75 Å². The number of hydrogen-bond donors (Lipinski definition) is 1. The number of carbonyl (C=O) groups excluding carboxylic acids is 1. The van der Waals surface area contributed by atoms with Gasteiger partial charge in [-0.3, -0.25) is 4.79 Å². The summed E-state index contributed by atoms with van der Waals surface area (Å²) in [6.07, 6.45) is 4.68. The van der Waals surface area contributed by atoms with Crippen molar-refractivity contribution in [2.45, 2.75) is 39.5 Å². The summed E-state index contributed by atoms with van der Waals surface area (Å²) < 4.78 is 5.58. The second-order valence-corrected chi connectivity index (χ2v) is 4.22. The lowest BCUT2D eigenvalue weighted by atomic mass is 10.1. The van der Waals surface area contributed by atoms with Crippen molar-refractivity contribution in [2.24, 2.45) is 0 Å². The number of anilines is 1. The minimum atomic E-state index is 0.0196. The Kier molecular flexibility index (Phi) is 5.53. The molecule has 0 aliphatic rings. The van der Waals surface area contributed by atoms with E-state index in [1.54, 1.807) is 18.2 Å². The van der Waals surface area contributed by atoms with Crippen LogP contribution >= 0.6 is 0 Å². The zero-order chi connectivity index (χ0) is 12.7. The second kappa shape index (κ2) is 6.94. The van der Waals surface area contributed by atoms with Crippen LogP contribution in [0, 0.1) is 0 Å². The van der Waals surface area contributed by atoms with Crippen molar-refractivity contribution < 1.29 is 9.53 Å². The number of ether oxygens (including phenoxy) is 1. The SMILES string of the molecule is CCCCCCOc1ccc(C(C)=O)cc1N. The summed E-state index contributed by atoms with van der Waals surface area (Å²) >= 11 is 0. The summed E-state index contributed by atoms with van der Waals surface area (Å²) in [4.78, 5) is 11.1. The predicted octanol–water partition coefficient (Wildman–Crippen LogP) is 3.43. The number of nitrogen functional groups attached to an aromatic ring is 1. The predicted molar refractivity (Wildman–Crippen MR) is 70.5 cm³/mol. The van der Waals surface area contributed by atoms with Crippen molar-refractivity contribution in [3.05, 3.63) is 23.8 Å². The third kappa shape index (κ3) is 4.47. The minimum absolute atomic E-state index is 0.0196. The molecule has 94 valence electrons. The van der Waals surface area contributed by atoms with Crippen LogP contribution in [-0.4, -0.2) is 12.4 Å². The van der Waals surface area contributed by atoms with E-state index in [0.717, 1.165) is 6.42 Å². The molecule has 0 heterocycles. The molecule has 0 aromatic heterocycles. The van der Waals surface area contributed by atoms with E-state index in [-0.39, 0.29) is 5.78 Å². The Morgan fingerprint density at radius 2 is 2.06 bits per heavy atom. The van der Waals surface area contributed by atoms with Crippen LogP contribution in [0.4, 0.5) is 5.69 Å². The first-order valence-electron chi connectivity index (χ1n) is 6.18. The van der Waals surface area contributed by atoms with Crippen molar-refractivity contribution in [1.29, 1.82) is 0 Å². The molecule has 0 amide bonds. The highest BCUT2D eigenvalue weighted by Gasteiger charge is 2.04. The molecule has 0 unspecified atom stereocenters. The van der Waals surface area contributed by atoms with Gasteiger partial charge in [0, 0.05) is 5.56 Å². The number of nitrogens with two attached hydrogens (primary N) is 1. The standard InChI is InChI=1S/C14H21NO2/c1-3-4-5-6-9-17-14-8-7-12(11(2)16)10-13(14)15/h7-8,10H,3-6,9,15H2,1-2H3. The third-order valence-electron chi connectivity index (χ3n) is 2.67. The van der Waals surface area contributed by atoms with Gasteiger partial charge in [0.05, 0.1) is 12.3 Å². The van der Waals surface area contributed by atoms with Gasteiger partial charge in [-0.25, -0.2) is 0 Å². The fraction of sp³-hybridized carbons (Fsp3) is 0.500. The second-order valence-electron chi connectivity index (χ2n) is 4.22. The average Bonchev–Trinajstić information content (AvgIpc) is 2.30. The van der Waals surface area contributed by atoms with E-state index in [4.69, 9.17) is 10.5 Å². The molecule has 2 N–H and O–H groups in total. The lowest BCUT2D eigenvalue weighted by Crippen LogP contribution is -2.02. The lowest BCUT2D eigenvalue weighted by molar-refractivity contribution is 0.101. The first-order valence-corrected chi connectivity index (χ1v) is 6.18. The molecule has 3 heteroatoms. The molecular formula is C14H21NO2. The van der Waals surface area contributed by atoms with Crippen molar-refractivity contribution in [2.75, 3.05) is 12.3 Å². The van der Waals surface area contributed by atoms with E-state index >= 15 is 0 Å². The summed E-state index contributed by atoms with van der Waals surface area (Å²) in [5, 5.41) is 0. The molecule has 0 aliphatic heterocycles. The third-order valence-corrected chi connectivity index (χ3v) is 2.67. The van der Waals surface area contributed by atoms with Crippen LogP contribution in [0.15, 0.2) is 18.2 Å². The fourth-order valence-corrected chi connectivity index (χ4v) is 1.61. The monoisotopic (exact) mass is 235 g/mol. The number of carbonyl (C=O) groups is 1. The maximum Gasteiger partial charge on any atom is 0.159 e. The topological polar surface area (TPSA) is 52.3 Å². The zero-order valence-electron chi connectivity index (χ0n) is 10.7. The van der Waals surface area contributed by atoms with E-state index in [2.05, 4.69) is 6.92 Å². The van der Waals surface area contributed by atoms with Gasteiger partial charge in [0.2, 0.25) is 0 Å². The zero-order valence-corrected chi connectivity index (χ0v) is 10.7. The van der Waals surface area contributed by atoms with Gasteiger partial charge < -0.3 is 10.5 Å². The number of unbranched alkanes of at least 4 members (excludes halogenated alkanes) is 3. The van der Waals surface area contributed by atoms with Crippen LogP contribution in [-0.2, 0) is 0 Å². The van der Waals surface area contributed by atoms with E-state index in [1.165, 1.54) is 26.2 Å². The largest absolute Gasteiger partial charge is 0.491 e. The van der Waals surface area contributed by atoms with Gasteiger partial charge in [-0.15, -0.1) is 0 Å². The van der Waals surface area contributed by atoms with Crippen molar-refractivity contribution in [3.63, 3.8) is 0 Å². The number of benzene rings is 1. The lowest BCUT2D eigenvalue weighted by Gasteiger charge is -2.09. The molecule has 0 atom stereocenters. The van der Waals surface area contributed by atoms with Crippen LogP contribution in [0.1, 0.15) is 49.9 Å². The molecule has 1 aromatic carbocycles. The molecule has 0 saturated heterocycles. The molecule has 1 aromatic rings. The maximum absolute atomic E-state index is 11.1. The smallest absolute Gasteiger partial charge is 0.159 e. The molecule has 17 heavy (non-hydrogen) atoms. The summed E-state index contributed by atoms with van der Waals surface area (Å²) in [6.45, 7) is 4.39. The minimum Gasteiger partial charge on any atom is -0.491 e. The molecule has 0 fully saturated rings. The van der Waals surface area contributed by atoms with Crippen LogP contribution in [0.5, 0.6) is 5.75 Å². The van der Waals surface area contributed by atoms with Crippen LogP contribution < -0.4 is 10.5 Å². The highest BCUT2D eigenvalue weighted by Crippen LogP contribution is 2.23. The Morgan fingerprint density at radius 1 is 1.29 bits per heavy atom. The van der Waals surface area contributed by atoms with E-state index < -0.39 is 0 Å². The first kappa shape index (κ1) is 13.6. The number of rotatable bonds is 7. The molecular weight excluding hydrogens is 214 g/mol. The van der Waals surface area contributed by atoms with Gasteiger partial charge >= 0.3 is 0 Å². The summed E-state index contributed by atoms with van der Waals surface area (Å²) in [7, 11) is 0. The van der Waals surface area contributed by atoms with Gasteiger partial charge in [0.25, 0.3) is 0 Å². The molecule has 0 saturated carbocycles. The summed E-state index contributed by atoms with van der Waals surface area (Å²) in [6, 6.07) is 5.19. The number of ketones is 1. The molecule has 0 radical (unpaired) electrons. The molecule has 0 spiro atoms. The van der Waals surface area contributed by atoms with E-state index in [9.17, 15) is 4.79 Å². The Bertz CT molecular complexity index is 374. The van der Waals surface area contributed by atoms with E-state index in [0.29, 0.717) is 23.6 Å². The van der Waals surface area contributed by atoms with Gasteiger partial charge in [0.15, 0.2) is 5.78 Å². The molecule has 0 aliphatic carbocycles. The van der Waals surface area contributed by atoms with Gasteiger partial charge in [-0.1, -0.05) is 26.2 Å². The molecule has 0 bridgehead atoms. The number of Topliss-reactive ketones (excluding diaryl/α,β-unsaturated/α-hetero) is 1. The normalized spacial score (nSPS) is 10.2. The molecule has 3 nitrogen and oxygen atoms in total. The Labute approximate surface area is 103 Å². The summed E-state index contributed by atoms with van der Waals surface area (Å²) in [5.41, 5.74) is 6.98. The Hall–Kier alpha value is -1.51. The Balaban J connectivity index is 2.46. The Morgan fingerprint density at radius 3 is 2.65 bits per heavy atom. The van der Waals surface area contributed by atoms with Gasteiger partial charge in [-0.2, -0.15) is 0 Å². The van der Waals surface area contributed by atoms with Crippen LogP contribution in [0.3, 0.4) is 0 Å². The van der Waals surface area contributed by atoms with Crippen molar-refractivity contribution in [1.82, 2.24) is 0 Å². The van der Waals surface area contributed by atoms with Crippen molar-refractivity contribution >= 4 is 11.5 Å². The van der Waals surface area contributed by atoms with E-state index in [1.807, 2.05) is 0 Å². The highest BCUT2D eigenvalue weighted by atomic mass is 16.5. The van der Waals surface area contributed by atoms with Crippen LogP contribution in [0.25, 0.3) is 0 Å². The summed E-state index contributed by atoms with van der Waals surface area (Å²) in [5.74, 6) is 0.692. The van der Waals surface area contributed by atoms with Gasteiger partial charge in [-0.05, 0) is 31.5 Å². The highest BCUT2D eigenvalue weighted by molar-refractivity contribution is 5.95. The van der Waals surface area contributed by atoms with Crippen LogP contribution in [0.2, 0.25) is 0 Å².